The second-order valence-corrected chi connectivity index (χ2v) is 6.91. The molecule has 1 aliphatic heterocycles. The molecule has 1 fully saturated rings. The Bertz CT molecular complexity index is 787. The van der Waals surface area contributed by atoms with Gasteiger partial charge in [0.25, 0.3) is 5.91 Å². The Morgan fingerprint density at radius 2 is 1.83 bits per heavy atom. The first kappa shape index (κ1) is 16.7. The highest BCUT2D eigenvalue weighted by Crippen LogP contribution is 2.34. The van der Waals surface area contributed by atoms with Crippen LogP contribution < -0.4 is 4.74 Å². The van der Waals surface area contributed by atoms with Gasteiger partial charge in [-0.05, 0) is 24.6 Å². The number of thioether (sulfide) groups is 1. The monoisotopic (exact) mass is 355 g/mol. The lowest BCUT2D eigenvalue weighted by Crippen LogP contribution is -2.27. The predicted molar refractivity (Wildman–Crippen MR) is 103 cm³/mol. The molecule has 3 nitrogen and oxygen atoms in total. The van der Waals surface area contributed by atoms with Crippen LogP contribution in [0.1, 0.15) is 18.1 Å². The highest BCUT2D eigenvalue weighted by atomic mass is 32.2. The van der Waals surface area contributed by atoms with Crippen molar-refractivity contribution < 1.29 is 9.53 Å². The van der Waals surface area contributed by atoms with Gasteiger partial charge in [0.1, 0.15) is 16.7 Å². The fourth-order valence-corrected chi connectivity index (χ4v) is 3.76. The van der Waals surface area contributed by atoms with Crippen LogP contribution in [0.25, 0.3) is 6.08 Å². The van der Waals surface area contributed by atoms with E-state index in [1.165, 1.54) is 11.8 Å². The van der Waals surface area contributed by atoms with Crippen LogP contribution in [-0.4, -0.2) is 21.7 Å². The summed E-state index contributed by atoms with van der Waals surface area (Å²) in [6.07, 6.45) is 1.86. The Balaban J connectivity index is 1.81. The second-order valence-electron chi connectivity index (χ2n) is 5.24. The number of hydrogen-bond donors (Lipinski definition) is 0. The molecule has 0 spiro atoms. The van der Waals surface area contributed by atoms with Gasteiger partial charge in [-0.15, -0.1) is 0 Å². The van der Waals surface area contributed by atoms with Gasteiger partial charge in [-0.1, -0.05) is 72.5 Å². The summed E-state index contributed by atoms with van der Waals surface area (Å²) in [7, 11) is 0. The molecule has 1 amide bonds. The molecular weight excluding hydrogens is 338 g/mol. The van der Waals surface area contributed by atoms with E-state index in [0.717, 1.165) is 16.9 Å². The molecule has 0 N–H and O–H groups in total. The van der Waals surface area contributed by atoms with E-state index in [9.17, 15) is 4.79 Å². The lowest BCUT2D eigenvalue weighted by Gasteiger charge is -2.10. The predicted octanol–water partition coefficient (Wildman–Crippen LogP) is 4.49. The molecule has 1 heterocycles. The number of hydrogen-bond acceptors (Lipinski definition) is 4. The second kappa shape index (κ2) is 7.64. The van der Waals surface area contributed by atoms with E-state index in [0.29, 0.717) is 22.4 Å². The molecule has 3 rings (SSSR count). The van der Waals surface area contributed by atoms with Gasteiger partial charge >= 0.3 is 0 Å². The van der Waals surface area contributed by atoms with Gasteiger partial charge < -0.3 is 4.74 Å². The molecule has 24 heavy (non-hydrogen) atoms. The van der Waals surface area contributed by atoms with Crippen LogP contribution >= 0.6 is 24.0 Å². The van der Waals surface area contributed by atoms with E-state index in [1.54, 1.807) is 4.90 Å². The molecular formula is C19H17NO2S2. The molecule has 1 aliphatic rings. The Kier molecular flexibility index (Phi) is 5.33. The number of carbonyl (C=O) groups excluding carboxylic acids is 1. The van der Waals surface area contributed by atoms with Gasteiger partial charge in [-0.3, -0.25) is 9.69 Å². The third kappa shape index (κ3) is 3.68. The summed E-state index contributed by atoms with van der Waals surface area (Å²) in [6.45, 7) is 3.00. The highest BCUT2D eigenvalue weighted by molar-refractivity contribution is 8.26. The first-order valence-electron chi connectivity index (χ1n) is 7.70. The standard InChI is InChI=1S/C19H17NO2S2/c1-2-20-18(21)17(24-19(20)23)12-15-10-6-7-11-16(15)22-13-14-8-4-3-5-9-14/h3-12H,2,13H2,1H3. The lowest BCUT2D eigenvalue weighted by molar-refractivity contribution is -0.121. The normalized spacial score (nSPS) is 16.0. The van der Waals surface area contributed by atoms with Crippen molar-refractivity contribution in [3.05, 3.63) is 70.6 Å². The van der Waals surface area contributed by atoms with Crippen molar-refractivity contribution >= 4 is 40.3 Å². The summed E-state index contributed by atoms with van der Waals surface area (Å²) < 4.78 is 6.54. The zero-order chi connectivity index (χ0) is 16.9. The van der Waals surface area contributed by atoms with Gasteiger partial charge in [0.05, 0.1) is 4.91 Å². The van der Waals surface area contributed by atoms with E-state index < -0.39 is 0 Å². The summed E-state index contributed by atoms with van der Waals surface area (Å²) >= 11 is 6.59. The number of nitrogens with zero attached hydrogens (tertiary/aromatic N) is 1. The molecule has 0 bridgehead atoms. The van der Waals surface area contributed by atoms with Gasteiger partial charge in [0.15, 0.2) is 0 Å². The van der Waals surface area contributed by atoms with Gasteiger partial charge in [0.2, 0.25) is 0 Å². The number of benzene rings is 2. The number of para-hydroxylation sites is 1. The quantitative estimate of drug-likeness (QED) is 0.584. The fraction of sp³-hybridized carbons (Fsp3) is 0.158. The Labute approximate surface area is 151 Å². The van der Waals surface area contributed by atoms with Crippen molar-refractivity contribution in [3.63, 3.8) is 0 Å². The fourth-order valence-electron chi connectivity index (χ4n) is 2.38. The minimum absolute atomic E-state index is 0.0367. The lowest BCUT2D eigenvalue weighted by atomic mass is 10.1. The van der Waals surface area contributed by atoms with Crippen molar-refractivity contribution in [2.45, 2.75) is 13.5 Å². The number of rotatable bonds is 5. The number of carbonyl (C=O) groups is 1. The first-order chi connectivity index (χ1) is 11.7. The van der Waals surface area contributed by atoms with Crippen LogP contribution in [0.15, 0.2) is 59.5 Å². The number of amides is 1. The molecule has 2 aromatic carbocycles. The summed E-state index contributed by atoms with van der Waals surface area (Å²) in [6, 6.07) is 17.7. The molecule has 0 atom stereocenters. The molecule has 2 aromatic rings. The highest BCUT2D eigenvalue weighted by Gasteiger charge is 2.30. The zero-order valence-electron chi connectivity index (χ0n) is 13.3. The van der Waals surface area contributed by atoms with Crippen LogP contribution in [0.4, 0.5) is 0 Å². The van der Waals surface area contributed by atoms with Crippen LogP contribution in [0.3, 0.4) is 0 Å². The van der Waals surface area contributed by atoms with E-state index in [-0.39, 0.29) is 5.91 Å². The van der Waals surface area contributed by atoms with Gasteiger partial charge in [-0.2, -0.15) is 0 Å². The topological polar surface area (TPSA) is 29.5 Å². The maximum Gasteiger partial charge on any atom is 0.266 e. The number of likely N-dealkylation sites (N-methyl/N-ethyl adjacent to an activating group) is 1. The minimum atomic E-state index is -0.0367. The third-order valence-corrected chi connectivity index (χ3v) is 5.01. The van der Waals surface area contributed by atoms with Crippen LogP contribution in [0, 0.1) is 0 Å². The smallest absolute Gasteiger partial charge is 0.266 e. The van der Waals surface area contributed by atoms with Crippen LogP contribution in [0.5, 0.6) is 5.75 Å². The number of thiocarbonyl (C=S) groups is 1. The minimum Gasteiger partial charge on any atom is -0.488 e. The van der Waals surface area contributed by atoms with Crippen LogP contribution in [-0.2, 0) is 11.4 Å². The molecule has 0 aromatic heterocycles. The van der Waals surface area contributed by atoms with Gasteiger partial charge in [0, 0.05) is 12.1 Å². The summed E-state index contributed by atoms with van der Waals surface area (Å²) in [5.74, 6) is 0.716. The maximum absolute atomic E-state index is 12.4. The molecule has 0 saturated carbocycles. The summed E-state index contributed by atoms with van der Waals surface area (Å²) in [5, 5.41) is 0. The first-order valence-corrected chi connectivity index (χ1v) is 8.92. The summed E-state index contributed by atoms with van der Waals surface area (Å²) in [4.78, 5) is 14.6. The van der Waals surface area contributed by atoms with E-state index in [4.69, 9.17) is 17.0 Å². The van der Waals surface area contributed by atoms with E-state index >= 15 is 0 Å². The average Bonchev–Trinajstić information content (AvgIpc) is 2.88. The zero-order valence-corrected chi connectivity index (χ0v) is 14.9. The number of ether oxygens (including phenoxy) is 1. The molecule has 122 valence electrons. The van der Waals surface area contributed by atoms with Crippen LogP contribution in [0.2, 0.25) is 0 Å². The Morgan fingerprint density at radius 3 is 2.54 bits per heavy atom. The molecule has 5 heteroatoms. The van der Waals surface area contributed by atoms with Gasteiger partial charge in [-0.25, -0.2) is 0 Å². The van der Waals surface area contributed by atoms with E-state index in [1.807, 2.05) is 67.6 Å². The van der Waals surface area contributed by atoms with Crippen molar-refractivity contribution in [2.24, 2.45) is 0 Å². The average molecular weight is 355 g/mol. The molecule has 1 saturated heterocycles. The van der Waals surface area contributed by atoms with Crippen molar-refractivity contribution in [3.8, 4) is 5.75 Å². The summed E-state index contributed by atoms with van der Waals surface area (Å²) in [5.41, 5.74) is 1.98. The van der Waals surface area contributed by atoms with E-state index in [2.05, 4.69) is 0 Å². The van der Waals surface area contributed by atoms with Crippen molar-refractivity contribution in [2.75, 3.05) is 6.54 Å². The molecule has 0 radical (unpaired) electrons. The maximum atomic E-state index is 12.4. The Hall–Kier alpha value is -2.11. The largest absolute Gasteiger partial charge is 0.488 e. The van der Waals surface area contributed by atoms with Crippen molar-refractivity contribution in [1.29, 1.82) is 0 Å². The molecule has 0 aliphatic carbocycles. The molecule has 0 unspecified atom stereocenters. The third-order valence-electron chi connectivity index (χ3n) is 3.63. The van der Waals surface area contributed by atoms with Crippen molar-refractivity contribution in [1.82, 2.24) is 4.90 Å². The SMILES string of the molecule is CCN1C(=O)C(=Cc2ccccc2OCc2ccccc2)SC1=S. The Morgan fingerprint density at radius 1 is 1.12 bits per heavy atom.